The molecule has 0 unspecified atom stereocenters. The Morgan fingerprint density at radius 3 is 2.69 bits per heavy atom. The first-order valence-corrected chi connectivity index (χ1v) is 9.07. The maximum absolute atomic E-state index is 12.1. The number of benzene rings is 1. The number of amides is 1. The van der Waals surface area contributed by atoms with Crippen LogP contribution in [0.2, 0.25) is 0 Å². The lowest BCUT2D eigenvalue weighted by Gasteiger charge is -2.06. The van der Waals surface area contributed by atoms with Gasteiger partial charge in [-0.15, -0.1) is 10.2 Å². The number of hydrogen-bond donors (Lipinski definition) is 1. The van der Waals surface area contributed by atoms with Gasteiger partial charge in [-0.2, -0.15) is 0 Å². The summed E-state index contributed by atoms with van der Waals surface area (Å²) in [5, 5.41) is 12.0. The minimum Gasteiger partial charge on any atom is -0.497 e. The zero-order chi connectivity index (χ0) is 18.5. The molecule has 3 aromatic rings. The van der Waals surface area contributed by atoms with Crippen molar-refractivity contribution in [2.24, 2.45) is 7.05 Å². The van der Waals surface area contributed by atoms with Crippen LogP contribution in [0.25, 0.3) is 11.4 Å². The Morgan fingerprint density at radius 2 is 2.04 bits per heavy atom. The Hall–Kier alpha value is -2.74. The second-order valence-corrected chi connectivity index (χ2v) is 6.69. The monoisotopic (exact) mass is 372 g/mol. The van der Waals surface area contributed by atoms with E-state index in [1.165, 1.54) is 11.8 Å². The van der Waals surface area contributed by atoms with E-state index in [9.17, 15) is 4.79 Å². The van der Waals surface area contributed by atoms with Crippen LogP contribution < -0.4 is 10.1 Å². The van der Waals surface area contributed by atoms with E-state index in [0.717, 1.165) is 33.7 Å². The third kappa shape index (κ3) is 4.08. The summed E-state index contributed by atoms with van der Waals surface area (Å²) >= 11 is 1.49. The van der Waals surface area contributed by atoms with E-state index in [4.69, 9.17) is 9.15 Å². The van der Waals surface area contributed by atoms with Crippen molar-refractivity contribution in [3.63, 3.8) is 0 Å². The normalized spacial score (nSPS) is 10.7. The minimum absolute atomic E-state index is 0.0456. The Balaban J connectivity index is 1.52. The van der Waals surface area contributed by atoms with Crippen LogP contribution in [-0.4, -0.2) is 33.5 Å². The lowest BCUT2D eigenvalue weighted by molar-refractivity contribution is -0.115. The van der Waals surface area contributed by atoms with Crippen LogP contribution in [0, 0.1) is 6.92 Å². The minimum atomic E-state index is -0.0456. The number of ether oxygens (including phenoxy) is 1. The smallest absolute Gasteiger partial charge is 0.225 e. The molecule has 1 aromatic carbocycles. The third-order valence-corrected chi connectivity index (χ3v) is 4.89. The largest absolute Gasteiger partial charge is 0.497 e. The van der Waals surface area contributed by atoms with Crippen LogP contribution in [0.4, 0.5) is 5.69 Å². The van der Waals surface area contributed by atoms with Gasteiger partial charge >= 0.3 is 0 Å². The first kappa shape index (κ1) is 18.1. The van der Waals surface area contributed by atoms with E-state index in [1.807, 2.05) is 48.9 Å². The fourth-order valence-corrected chi connectivity index (χ4v) is 3.27. The van der Waals surface area contributed by atoms with Gasteiger partial charge in [0.1, 0.15) is 11.5 Å². The van der Waals surface area contributed by atoms with E-state index in [1.54, 1.807) is 13.4 Å². The number of thioether (sulfide) groups is 1. The van der Waals surface area contributed by atoms with Gasteiger partial charge in [0.15, 0.2) is 11.0 Å². The first-order valence-electron chi connectivity index (χ1n) is 8.09. The van der Waals surface area contributed by atoms with Crippen LogP contribution in [0.15, 0.2) is 46.2 Å². The SMILES string of the molecule is COc1ccc(NC(=O)CCSc2nnc(-c3ccoc3C)n2C)cc1. The molecule has 0 radical (unpaired) electrons. The summed E-state index contributed by atoms with van der Waals surface area (Å²) in [5.41, 5.74) is 1.67. The van der Waals surface area contributed by atoms with Crippen molar-refractivity contribution in [3.8, 4) is 17.1 Å². The van der Waals surface area contributed by atoms with E-state index < -0.39 is 0 Å². The average molecular weight is 372 g/mol. The topological polar surface area (TPSA) is 82.2 Å². The van der Waals surface area contributed by atoms with Gasteiger partial charge in [-0.3, -0.25) is 4.79 Å². The fraction of sp³-hybridized carbons (Fsp3) is 0.278. The predicted molar refractivity (Wildman–Crippen MR) is 100 cm³/mol. The molecule has 0 fully saturated rings. The van der Waals surface area contributed by atoms with Crippen molar-refractivity contribution >= 4 is 23.4 Å². The molecule has 0 aliphatic rings. The molecule has 0 atom stereocenters. The van der Waals surface area contributed by atoms with Crippen LogP contribution >= 0.6 is 11.8 Å². The lowest BCUT2D eigenvalue weighted by Crippen LogP contribution is -2.12. The zero-order valence-electron chi connectivity index (χ0n) is 14.9. The third-order valence-electron chi connectivity index (χ3n) is 3.87. The number of hydrogen-bond acceptors (Lipinski definition) is 6. The Labute approximate surface area is 155 Å². The van der Waals surface area contributed by atoms with E-state index >= 15 is 0 Å². The average Bonchev–Trinajstić information content (AvgIpc) is 3.21. The summed E-state index contributed by atoms with van der Waals surface area (Å²) in [6.45, 7) is 1.89. The van der Waals surface area contributed by atoms with Crippen molar-refractivity contribution in [2.75, 3.05) is 18.2 Å². The van der Waals surface area contributed by atoms with E-state index in [2.05, 4.69) is 15.5 Å². The highest BCUT2D eigenvalue weighted by molar-refractivity contribution is 7.99. The molecule has 0 saturated heterocycles. The number of nitrogens with one attached hydrogen (secondary N) is 1. The standard InChI is InChI=1S/C18H20N4O3S/c1-12-15(8-10-25-12)17-20-21-18(22(17)2)26-11-9-16(23)19-13-4-6-14(24-3)7-5-13/h4-8,10H,9,11H2,1-3H3,(H,19,23). The number of aryl methyl sites for hydroxylation is 1. The van der Waals surface area contributed by atoms with Crippen LogP contribution in [-0.2, 0) is 11.8 Å². The molecule has 0 aliphatic carbocycles. The molecule has 1 N–H and O–H groups in total. The number of rotatable bonds is 7. The number of methoxy groups -OCH3 is 1. The summed E-state index contributed by atoms with van der Waals surface area (Å²) in [6.07, 6.45) is 2.01. The number of anilines is 1. The second-order valence-electron chi connectivity index (χ2n) is 5.63. The summed E-state index contributed by atoms with van der Waals surface area (Å²) < 4.78 is 12.3. The lowest BCUT2D eigenvalue weighted by atomic mass is 10.2. The number of aromatic nitrogens is 3. The van der Waals surface area contributed by atoms with E-state index in [0.29, 0.717) is 12.2 Å². The molecule has 0 spiro atoms. The van der Waals surface area contributed by atoms with Gasteiger partial charge in [0.2, 0.25) is 5.91 Å². The molecule has 26 heavy (non-hydrogen) atoms. The van der Waals surface area contributed by atoms with Gasteiger partial charge in [0.05, 0.1) is 18.9 Å². The summed E-state index contributed by atoms with van der Waals surface area (Å²) in [6, 6.07) is 9.11. The van der Waals surface area contributed by atoms with Gasteiger partial charge in [-0.1, -0.05) is 11.8 Å². The van der Waals surface area contributed by atoms with Gasteiger partial charge in [-0.25, -0.2) is 0 Å². The van der Waals surface area contributed by atoms with Crippen molar-refractivity contribution in [2.45, 2.75) is 18.5 Å². The van der Waals surface area contributed by atoms with Gasteiger partial charge in [0.25, 0.3) is 0 Å². The predicted octanol–water partition coefficient (Wildman–Crippen LogP) is 3.51. The summed E-state index contributed by atoms with van der Waals surface area (Å²) in [4.78, 5) is 12.1. The summed E-state index contributed by atoms with van der Waals surface area (Å²) in [7, 11) is 3.51. The van der Waals surface area contributed by atoms with Crippen molar-refractivity contribution < 1.29 is 13.9 Å². The first-order chi connectivity index (χ1) is 12.6. The molecule has 0 saturated carbocycles. The Kier molecular flexibility index (Phi) is 5.62. The highest BCUT2D eigenvalue weighted by Gasteiger charge is 2.15. The number of carbonyl (C=O) groups is 1. The molecule has 0 aliphatic heterocycles. The zero-order valence-corrected chi connectivity index (χ0v) is 15.7. The molecule has 8 heteroatoms. The number of carbonyl (C=O) groups excluding carboxylic acids is 1. The fourth-order valence-electron chi connectivity index (χ4n) is 2.42. The molecule has 136 valence electrons. The molecule has 2 aromatic heterocycles. The van der Waals surface area contributed by atoms with E-state index in [-0.39, 0.29) is 5.91 Å². The maximum atomic E-state index is 12.1. The molecular formula is C18H20N4O3S. The van der Waals surface area contributed by atoms with Gasteiger partial charge in [0, 0.05) is 24.9 Å². The van der Waals surface area contributed by atoms with Gasteiger partial charge in [-0.05, 0) is 37.3 Å². The van der Waals surface area contributed by atoms with Crippen molar-refractivity contribution in [1.82, 2.24) is 14.8 Å². The Bertz CT molecular complexity index is 886. The highest BCUT2D eigenvalue weighted by atomic mass is 32.2. The molecular weight excluding hydrogens is 352 g/mol. The quantitative estimate of drug-likeness (QED) is 0.639. The Morgan fingerprint density at radius 1 is 1.27 bits per heavy atom. The summed E-state index contributed by atoms with van der Waals surface area (Å²) in [5.74, 6) is 2.87. The van der Waals surface area contributed by atoms with Gasteiger partial charge < -0.3 is 19.0 Å². The van der Waals surface area contributed by atoms with Crippen LogP contribution in [0.1, 0.15) is 12.2 Å². The molecule has 3 rings (SSSR count). The molecule has 0 bridgehead atoms. The van der Waals surface area contributed by atoms with Crippen molar-refractivity contribution in [1.29, 1.82) is 0 Å². The van der Waals surface area contributed by atoms with Crippen LogP contribution in [0.5, 0.6) is 5.75 Å². The number of nitrogens with zero attached hydrogens (tertiary/aromatic N) is 3. The second kappa shape index (κ2) is 8.09. The molecule has 7 nitrogen and oxygen atoms in total. The molecule has 2 heterocycles. The maximum Gasteiger partial charge on any atom is 0.225 e. The van der Waals surface area contributed by atoms with Crippen molar-refractivity contribution in [3.05, 3.63) is 42.4 Å². The van der Waals surface area contributed by atoms with Crippen LogP contribution in [0.3, 0.4) is 0 Å². The highest BCUT2D eigenvalue weighted by Crippen LogP contribution is 2.26. The molecule has 1 amide bonds. The number of furan rings is 1.